The number of hydrogen-bond acceptors (Lipinski definition) is 5. The average Bonchev–Trinajstić information content (AvgIpc) is 2.98. The lowest BCUT2D eigenvalue weighted by Crippen LogP contribution is -2.76. The van der Waals surface area contributed by atoms with Crippen LogP contribution in [0.15, 0.2) is 77.7 Å². The minimum atomic E-state index is -4.81. The Morgan fingerprint density at radius 3 is 2.24 bits per heavy atom. The van der Waals surface area contributed by atoms with Crippen molar-refractivity contribution in [3.05, 3.63) is 101 Å². The van der Waals surface area contributed by atoms with Crippen molar-refractivity contribution in [2.75, 3.05) is 13.1 Å². The summed E-state index contributed by atoms with van der Waals surface area (Å²) < 4.78 is 58.0. The summed E-state index contributed by atoms with van der Waals surface area (Å²) in [6.45, 7) is 2.31. The fraction of sp³-hybridized carbons (Fsp3) is 0.323. The highest BCUT2D eigenvalue weighted by Gasteiger charge is 2.56. The van der Waals surface area contributed by atoms with E-state index in [2.05, 4.69) is 0 Å². The molecule has 0 aliphatic carbocycles. The molecule has 2 aliphatic heterocycles. The van der Waals surface area contributed by atoms with Crippen molar-refractivity contribution >= 4 is 39.5 Å². The minimum Gasteiger partial charge on any atom is -0.465 e. The number of sulfonamides is 1. The van der Waals surface area contributed by atoms with Crippen LogP contribution < -0.4 is 0 Å². The van der Waals surface area contributed by atoms with Crippen LogP contribution in [0.25, 0.3) is 0 Å². The second-order valence-electron chi connectivity index (χ2n) is 11.2. The Bertz CT molecular complexity index is 1710. The van der Waals surface area contributed by atoms with Gasteiger partial charge in [-0.05, 0) is 49.2 Å². The number of amides is 3. The Balaban J connectivity index is 1.66. The maximum Gasteiger partial charge on any atom is 0.408 e. The Morgan fingerprint density at radius 1 is 0.978 bits per heavy atom. The van der Waals surface area contributed by atoms with Crippen LogP contribution in [-0.4, -0.2) is 87.8 Å². The minimum absolute atomic E-state index is 0.0290. The van der Waals surface area contributed by atoms with Gasteiger partial charge in [-0.25, -0.2) is 22.0 Å². The number of carbonyl (C=O) groups excluding carboxylic acids is 2. The van der Waals surface area contributed by atoms with Gasteiger partial charge in [0.25, 0.3) is 0 Å². The zero-order valence-electron chi connectivity index (χ0n) is 24.4. The van der Waals surface area contributed by atoms with E-state index in [-0.39, 0.29) is 19.5 Å². The van der Waals surface area contributed by atoms with Gasteiger partial charge in [-0.1, -0.05) is 54.1 Å². The molecule has 3 atom stereocenters. The predicted octanol–water partition coefficient (Wildman–Crippen LogP) is 4.19. The van der Waals surface area contributed by atoms with Gasteiger partial charge in [-0.2, -0.15) is 4.31 Å². The molecule has 0 bridgehead atoms. The van der Waals surface area contributed by atoms with Gasteiger partial charge in [0, 0.05) is 36.6 Å². The number of piperazine rings is 1. The van der Waals surface area contributed by atoms with Crippen molar-refractivity contribution in [2.45, 2.75) is 56.0 Å². The molecule has 45 heavy (non-hydrogen) atoms. The molecule has 0 spiro atoms. The molecule has 1 N–H and O–H groups in total. The summed E-state index contributed by atoms with van der Waals surface area (Å²) in [6, 6.07) is 13.8. The second-order valence-corrected chi connectivity index (χ2v) is 13.5. The Hall–Kier alpha value is -4.07. The van der Waals surface area contributed by atoms with E-state index in [1.54, 1.807) is 68.4 Å². The third-order valence-corrected chi connectivity index (χ3v) is 10.2. The van der Waals surface area contributed by atoms with Crippen LogP contribution in [0.2, 0.25) is 5.02 Å². The first-order valence-electron chi connectivity index (χ1n) is 14.2. The number of nitrogens with zero attached hydrogens (tertiary/aromatic N) is 4. The summed E-state index contributed by atoms with van der Waals surface area (Å²) in [4.78, 5) is 43.5. The molecule has 2 aliphatic rings. The lowest BCUT2D eigenvalue weighted by Gasteiger charge is -2.55. The molecule has 3 unspecified atom stereocenters. The van der Waals surface area contributed by atoms with Gasteiger partial charge in [-0.3, -0.25) is 14.5 Å². The predicted molar refractivity (Wildman–Crippen MR) is 160 cm³/mol. The number of halogens is 3. The van der Waals surface area contributed by atoms with E-state index in [0.717, 1.165) is 26.2 Å². The van der Waals surface area contributed by atoms with Crippen LogP contribution in [0.5, 0.6) is 0 Å². The van der Waals surface area contributed by atoms with E-state index in [0.29, 0.717) is 22.2 Å². The van der Waals surface area contributed by atoms with Crippen molar-refractivity contribution in [1.29, 1.82) is 0 Å². The number of fused-ring (bicyclic) bond motifs is 1. The number of rotatable bonds is 8. The van der Waals surface area contributed by atoms with Crippen molar-refractivity contribution in [3.8, 4) is 0 Å². The summed E-state index contributed by atoms with van der Waals surface area (Å²) in [6.07, 6.45) is -2.84. The first-order valence-corrected chi connectivity index (χ1v) is 16.0. The lowest BCUT2D eigenvalue weighted by atomic mass is 9.96. The summed E-state index contributed by atoms with van der Waals surface area (Å²) >= 11 is 6.05. The molecule has 10 nitrogen and oxygen atoms in total. The van der Waals surface area contributed by atoms with Crippen LogP contribution in [-0.2, 0) is 32.6 Å². The standard InChI is InChI=1S/C31H31ClF2N4O6S/c1-19(2)35-18-28-37(45(43,44)27-13-12-23(33)15-24(27)34)17-26(36(31(41)42)16-21-6-4-3-5-7-21)30(40)38(28)25(29(35)39)14-20-8-10-22(32)11-9-20/h3-13,15,19,25-26,28H,14,16-18H2,1-2H3,(H,41,42). The van der Waals surface area contributed by atoms with E-state index in [1.807, 2.05) is 0 Å². The van der Waals surface area contributed by atoms with Crippen molar-refractivity contribution in [2.24, 2.45) is 0 Å². The lowest BCUT2D eigenvalue weighted by molar-refractivity contribution is -0.171. The molecule has 5 rings (SSSR count). The van der Waals surface area contributed by atoms with Crippen molar-refractivity contribution in [3.63, 3.8) is 0 Å². The van der Waals surface area contributed by atoms with Gasteiger partial charge in [-0.15, -0.1) is 0 Å². The van der Waals surface area contributed by atoms with E-state index in [1.165, 1.54) is 4.90 Å². The highest BCUT2D eigenvalue weighted by atomic mass is 35.5. The molecule has 3 aromatic rings. The fourth-order valence-electron chi connectivity index (χ4n) is 5.83. The SMILES string of the molecule is CC(C)N1CC2N(C(=O)C(N(Cc3ccccc3)C(=O)O)CN2S(=O)(=O)c2ccc(F)cc2F)C(Cc2ccc(Cl)cc2)C1=O. The normalized spacial score (nSPS) is 20.8. The quantitative estimate of drug-likeness (QED) is 0.387. The number of benzene rings is 3. The average molecular weight is 661 g/mol. The molecule has 238 valence electrons. The maximum absolute atomic E-state index is 15.0. The highest BCUT2D eigenvalue weighted by Crippen LogP contribution is 2.35. The largest absolute Gasteiger partial charge is 0.465 e. The van der Waals surface area contributed by atoms with Gasteiger partial charge in [0.05, 0.1) is 6.54 Å². The summed E-state index contributed by atoms with van der Waals surface area (Å²) in [5.74, 6) is -3.56. The van der Waals surface area contributed by atoms with Crippen LogP contribution in [0.3, 0.4) is 0 Å². The molecular formula is C31H31ClF2N4O6S. The van der Waals surface area contributed by atoms with E-state index in [9.17, 15) is 32.3 Å². The zero-order valence-corrected chi connectivity index (χ0v) is 26.0. The van der Waals surface area contributed by atoms with E-state index >= 15 is 4.39 Å². The molecule has 2 saturated heterocycles. The second kappa shape index (κ2) is 12.7. The Labute approximate surface area is 264 Å². The Morgan fingerprint density at radius 2 is 1.64 bits per heavy atom. The van der Waals surface area contributed by atoms with E-state index in [4.69, 9.17) is 11.6 Å². The van der Waals surface area contributed by atoms with Crippen LogP contribution in [0.1, 0.15) is 25.0 Å². The van der Waals surface area contributed by atoms with Gasteiger partial charge >= 0.3 is 6.09 Å². The third-order valence-electron chi connectivity index (χ3n) is 8.07. The maximum atomic E-state index is 15.0. The number of hydrogen-bond donors (Lipinski definition) is 1. The molecule has 0 radical (unpaired) electrons. The summed E-state index contributed by atoms with van der Waals surface area (Å²) in [5, 5.41) is 10.7. The molecule has 0 aromatic heterocycles. The number of carbonyl (C=O) groups is 3. The van der Waals surface area contributed by atoms with Gasteiger partial charge in [0.1, 0.15) is 34.8 Å². The van der Waals surface area contributed by atoms with Crippen molar-refractivity contribution < 1.29 is 36.7 Å². The topological polar surface area (TPSA) is 119 Å². The van der Waals surface area contributed by atoms with E-state index < -0.39 is 75.3 Å². The van der Waals surface area contributed by atoms with Crippen LogP contribution in [0.4, 0.5) is 13.6 Å². The van der Waals surface area contributed by atoms with Crippen LogP contribution in [0, 0.1) is 11.6 Å². The zero-order chi connectivity index (χ0) is 32.6. The fourth-order valence-corrected chi connectivity index (χ4v) is 7.58. The van der Waals surface area contributed by atoms with Crippen molar-refractivity contribution in [1.82, 2.24) is 19.0 Å². The highest BCUT2D eigenvalue weighted by molar-refractivity contribution is 7.89. The molecule has 3 aromatic carbocycles. The monoisotopic (exact) mass is 660 g/mol. The first kappa shape index (κ1) is 32.3. The molecule has 14 heteroatoms. The Kier molecular flexibility index (Phi) is 9.15. The molecule has 3 amide bonds. The summed E-state index contributed by atoms with van der Waals surface area (Å²) in [7, 11) is -4.81. The van der Waals surface area contributed by atoms with Gasteiger partial charge in [0.2, 0.25) is 21.8 Å². The van der Waals surface area contributed by atoms with Gasteiger partial charge in [0.15, 0.2) is 0 Å². The molecule has 0 saturated carbocycles. The van der Waals surface area contributed by atoms with Gasteiger partial charge < -0.3 is 14.9 Å². The molecular weight excluding hydrogens is 630 g/mol. The molecule has 2 fully saturated rings. The smallest absolute Gasteiger partial charge is 0.408 e. The molecule has 2 heterocycles. The first-order chi connectivity index (χ1) is 21.3. The number of carboxylic acid groups (broad SMARTS) is 1. The third kappa shape index (κ3) is 6.37. The summed E-state index contributed by atoms with van der Waals surface area (Å²) in [5.41, 5.74) is 1.16. The van der Waals surface area contributed by atoms with Crippen LogP contribution >= 0.6 is 11.6 Å².